The van der Waals surface area contributed by atoms with E-state index >= 15 is 0 Å². The number of hydrogen-bond donors (Lipinski definition) is 1. The number of aromatic amines is 1. The van der Waals surface area contributed by atoms with E-state index in [4.69, 9.17) is 4.74 Å². The van der Waals surface area contributed by atoms with Crippen molar-refractivity contribution in [2.24, 2.45) is 5.92 Å². The first kappa shape index (κ1) is 20.6. The molecule has 0 radical (unpaired) electrons. The lowest BCUT2D eigenvalue weighted by atomic mass is 9.71. The molecule has 27 heavy (non-hydrogen) atoms. The summed E-state index contributed by atoms with van der Waals surface area (Å²) >= 11 is 0. The monoisotopic (exact) mass is 482 g/mol. The maximum Gasteiger partial charge on any atom is 0.314 e. The third kappa shape index (κ3) is 3.53. The molecule has 0 spiro atoms. The molecule has 1 aliphatic carbocycles. The second-order valence-corrected chi connectivity index (χ2v) is 8.77. The fraction of sp³-hybridized carbons (Fsp3) is 0.591. The van der Waals surface area contributed by atoms with Gasteiger partial charge in [0, 0.05) is 29.4 Å². The second kappa shape index (κ2) is 7.74. The Bertz CT molecular complexity index is 831. The third-order valence-corrected chi connectivity index (χ3v) is 6.51. The van der Waals surface area contributed by atoms with Gasteiger partial charge in [-0.05, 0) is 43.9 Å². The summed E-state index contributed by atoms with van der Waals surface area (Å²) in [5.41, 5.74) is 4.10. The Balaban J connectivity index is 0.00000210. The normalized spacial score (nSPS) is 29.3. The van der Waals surface area contributed by atoms with Gasteiger partial charge in [-0.25, -0.2) is 0 Å². The molecule has 4 rings (SSSR count). The molecule has 0 amide bonds. The molecule has 5 heteroatoms. The maximum atomic E-state index is 12.8. The number of quaternary nitrogens is 1. The summed E-state index contributed by atoms with van der Waals surface area (Å²) in [6.45, 7) is 8.15. The fourth-order valence-corrected chi connectivity index (χ4v) is 5.56. The topological polar surface area (TPSA) is 42.1 Å². The van der Waals surface area contributed by atoms with Crippen LogP contribution in [0.25, 0.3) is 10.9 Å². The molecule has 0 bridgehead atoms. The summed E-state index contributed by atoms with van der Waals surface area (Å²) < 4.78 is 6.59. The molecule has 0 saturated carbocycles. The molecule has 1 aliphatic heterocycles. The van der Waals surface area contributed by atoms with Crippen LogP contribution >= 0.6 is 0 Å². The Labute approximate surface area is 179 Å². The van der Waals surface area contributed by atoms with Crippen LogP contribution in [0.2, 0.25) is 0 Å². The van der Waals surface area contributed by atoms with Crippen LogP contribution in [0.15, 0.2) is 24.4 Å². The molecule has 2 aliphatic rings. The molecular weight excluding hydrogens is 451 g/mol. The first-order chi connectivity index (χ1) is 12.4. The standard InChI is InChI=1S/C22H31N2O2.HI/c1-5-9-24(4)13-16(22(25)26-14(2)3)10-18-17-7-6-8-19-21(17)15(12-23-19)11-20(18)24;/h6-8,12,14,16,18,20,23H,5,9-11,13H2,1-4H3;1H/q+1;/p-1/t16?,18-,20-,24?;/m0./s1. The number of nitrogens with one attached hydrogen (secondary N) is 1. The number of nitrogens with zero attached hydrogens (tertiary/aromatic N) is 1. The van der Waals surface area contributed by atoms with Gasteiger partial charge in [0.15, 0.2) is 0 Å². The van der Waals surface area contributed by atoms with Gasteiger partial charge in [0.1, 0.15) is 5.92 Å². The molecule has 1 saturated heterocycles. The first-order valence-corrected chi connectivity index (χ1v) is 10.1. The van der Waals surface area contributed by atoms with Gasteiger partial charge >= 0.3 is 5.97 Å². The largest absolute Gasteiger partial charge is 1.00 e. The highest BCUT2D eigenvalue weighted by Gasteiger charge is 2.50. The van der Waals surface area contributed by atoms with E-state index in [-0.39, 0.29) is 42.0 Å². The minimum atomic E-state index is -0.0452. The van der Waals surface area contributed by atoms with Crippen molar-refractivity contribution in [3.8, 4) is 0 Å². The molecule has 2 aromatic rings. The minimum Gasteiger partial charge on any atom is -1.00 e. The zero-order valence-corrected chi connectivity index (χ0v) is 19.0. The number of esters is 1. The lowest BCUT2D eigenvalue weighted by Gasteiger charge is -2.52. The number of likely N-dealkylation sites (tertiary alicyclic amines) is 1. The number of hydrogen-bond acceptors (Lipinski definition) is 2. The van der Waals surface area contributed by atoms with Crippen LogP contribution in [0.3, 0.4) is 0 Å². The van der Waals surface area contributed by atoms with E-state index < -0.39 is 0 Å². The molecule has 4 nitrogen and oxygen atoms in total. The van der Waals surface area contributed by atoms with Gasteiger partial charge in [-0.2, -0.15) is 0 Å². The van der Waals surface area contributed by atoms with Crippen LogP contribution in [0.4, 0.5) is 0 Å². The minimum absolute atomic E-state index is 0. The second-order valence-electron chi connectivity index (χ2n) is 8.77. The van der Waals surface area contributed by atoms with Gasteiger partial charge < -0.3 is 38.2 Å². The van der Waals surface area contributed by atoms with E-state index in [0.29, 0.717) is 12.0 Å². The number of H-pyrrole nitrogens is 1. The van der Waals surface area contributed by atoms with Crippen LogP contribution in [0.5, 0.6) is 0 Å². The SMILES string of the molecule is CCC[N+]1(C)CC(C(=O)OC(C)C)C[C@H]2c3cccc4[nH]cc(c34)C[C@@H]21.[I-]. The zero-order valence-electron chi connectivity index (χ0n) is 16.8. The number of ether oxygens (including phenoxy) is 1. The number of benzene rings is 1. The summed E-state index contributed by atoms with van der Waals surface area (Å²) in [4.78, 5) is 16.2. The molecule has 2 heterocycles. The average Bonchev–Trinajstić information content (AvgIpc) is 3.00. The van der Waals surface area contributed by atoms with Crippen LogP contribution in [-0.4, -0.2) is 47.7 Å². The zero-order chi connectivity index (χ0) is 18.5. The number of likely N-dealkylation sites (N-methyl/N-ethyl adjacent to an activating group) is 1. The van der Waals surface area contributed by atoms with E-state index in [1.54, 1.807) is 0 Å². The van der Waals surface area contributed by atoms with Gasteiger partial charge in [-0.1, -0.05) is 19.1 Å². The van der Waals surface area contributed by atoms with Crippen molar-refractivity contribution >= 4 is 16.9 Å². The summed E-state index contributed by atoms with van der Waals surface area (Å²) in [5.74, 6) is 0.411. The Morgan fingerprint density at radius 1 is 1.37 bits per heavy atom. The molecule has 2 unspecified atom stereocenters. The summed E-state index contributed by atoms with van der Waals surface area (Å²) in [6.07, 6.45) is 5.30. The van der Waals surface area contributed by atoms with Gasteiger partial charge in [-0.3, -0.25) is 4.79 Å². The van der Waals surface area contributed by atoms with Crippen molar-refractivity contribution in [1.82, 2.24) is 4.98 Å². The van der Waals surface area contributed by atoms with E-state index in [9.17, 15) is 4.79 Å². The van der Waals surface area contributed by atoms with Gasteiger partial charge in [0.25, 0.3) is 0 Å². The fourth-order valence-electron chi connectivity index (χ4n) is 5.56. The van der Waals surface area contributed by atoms with Gasteiger partial charge in [0.05, 0.1) is 32.3 Å². The van der Waals surface area contributed by atoms with E-state index in [1.807, 2.05) is 13.8 Å². The predicted octanol–water partition coefficient (Wildman–Crippen LogP) is 1.01. The molecule has 4 atom stereocenters. The average molecular weight is 482 g/mol. The first-order valence-electron chi connectivity index (χ1n) is 10.1. The van der Waals surface area contributed by atoms with Crippen molar-refractivity contribution in [2.45, 2.75) is 58.1 Å². The van der Waals surface area contributed by atoms with Crippen LogP contribution in [0, 0.1) is 5.92 Å². The number of piperidine rings is 1. The lowest BCUT2D eigenvalue weighted by Crippen LogP contribution is -3.00. The van der Waals surface area contributed by atoms with Crippen molar-refractivity contribution < 1.29 is 38.0 Å². The number of rotatable bonds is 4. The number of carbonyl (C=O) groups excluding carboxylic acids is 1. The molecule has 1 fully saturated rings. The molecule has 1 aromatic carbocycles. The summed E-state index contributed by atoms with van der Waals surface area (Å²) in [7, 11) is 2.35. The predicted molar refractivity (Wildman–Crippen MR) is 104 cm³/mol. The highest BCUT2D eigenvalue weighted by molar-refractivity contribution is 5.88. The highest BCUT2D eigenvalue weighted by atomic mass is 127. The van der Waals surface area contributed by atoms with Crippen molar-refractivity contribution in [3.63, 3.8) is 0 Å². The van der Waals surface area contributed by atoms with Crippen LogP contribution in [0.1, 0.15) is 50.7 Å². The molecule has 148 valence electrons. The van der Waals surface area contributed by atoms with Crippen molar-refractivity contribution in [2.75, 3.05) is 20.1 Å². The van der Waals surface area contributed by atoms with E-state index in [0.717, 1.165) is 36.8 Å². The molecule has 1 aromatic heterocycles. The lowest BCUT2D eigenvalue weighted by molar-refractivity contribution is -0.942. The molecule has 1 N–H and O–H groups in total. The molecular formula is C22H31IN2O2. The summed E-state index contributed by atoms with van der Waals surface area (Å²) in [6, 6.07) is 7.14. The van der Waals surface area contributed by atoms with Crippen LogP contribution in [-0.2, 0) is 16.0 Å². The summed E-state index contributed by atoms with van der Waals surface area (Å²) in [5, 5.41) is 1.40. The van der Waals surface area contributed by atoms with E-state index in [2.05, 4.69) is 43.4 Å². The number of carbonyl (C=O) groups is 1. The van der Waals surface area contributed by atoms with Crippen LogP contribution < -0.4 is 24.0 Å². The number of halogens is 1. The maximum absolute atomic E-state index is 12.8. The Morgan fingerprint density at radius 3 is 2.85 bits per heavy atom. The van der Waals surface area contributed by atoms with Gasteiger partial charge in [0.2, 0.25) is 0 Å². The third-order valence-electron chi connectivity index (χ3n) is 6.51. The van der Waals surface area contributed by atoms with Crippen molar-refractivity contribution in [1.29, 1.82) is 0 Å². The van der Waals surface area contributed by atoms with E-state index in [1.165, 1.54) is 22.0 Å². The highest BCUT2D eigenvalue weighted by Crippen LogP contribution is 2.47. The number of aromatic nitrogens is 1. The Hall–Kier alpha value is -1.08. The quantitative estimate of drug-likeness (QED) is 0.402. The Morgan fingerprint density at radius 2 is 2.15 bits per heavy atom. The Kier molecular flexibility index (Phi) is 5.92. The van der Waals surface area contributed by atoms with Crippen molar-refractivity contribution in [3.05, 3.63) is 35.5 Å². The van der Waals surface area contributed by atoms with Gasteiger partial charge in [-0.15, -0.1) is 0 Å². The smallest absolute Gasteiger partial charge is 0.314 e. The number of fused-ring (bicyclic) bond motifs is 2.